The molecule has 218 valence electrons. The first-order valence-electron chi connectivity index (χ1n) is 14.2. The fraction of sp³-hybridized carbons (Fsp3) is 0.367. The minimum absolute atomic E-state index is 0.0874. The number of hydrogen-bond acceptors (Lipinski definition) is 11. The number of aromatic nitrogens is 5. The average Bonchev–Trinajstić information content (AvgIpc) is 3.91. The topological polar surface area (TPSA) is 131 Å². The molecule has 1 unspecified atom stereocenters. The van der Waals surface area contributed by atoms with Gasteiger partial charge in [-0.05, 0) is 64.5 Å². The minimum atomic E-state index is 0.0874. The van der Waals surface area contributed by atoms with E-state index in [0.717, 1.165) is 72.4 Å². The summed E-state index contributed by atoms with van der Waals surface area (Å²) in [6.45, 7) is 4.98. The van der Waals surface area contributed by atoms with E-state index >= 15 is 0 Å². The van der Waals surface area contributed by atoms with Crippen LogP contribution in [0.15, 0.2) is 71.9 Å². The quantitative estimate of drug-likeness (QED) is 0.224. The van der Waals surface area contributed by atoms with Gasteiger partial charge in [-0.3, -0.25) is 0 Å². The van der Waals surface area contributed by atoms with E-state index in [9.17, 15) is 0 Å². The Balaban J connectivity index is 0.000000151. The molecule has 0 amide bonds. The molecule has 3 aliphatic rings. The van der Waals surface area contributed by atoms with Gasteiger partial charge in [0.25, 0.3) is 0 Å². The van der Waals surface area contributed by atoms with Crippen LogP contribution in [0.3, 0.4) is 0 Å². The van der Waals surface area contributed by atoms with Gasteiger partial charge in [0, 0.05) is 72.8 Å². The maximum absolute atomic E-state index is 5.72. The third-order valence-corrected chi connectivity index (χ3v) is 7.58. The summed E-state index contributed by atoms with van der Waals surface area (Å²) in [5, 5.41) is 12.9. The molecular weight excluding hydrogens is 598 g/mol. The van der Waals surface area contributed by atoms with Crippen molar-refractivity contribution >= 4 is 39.3 Å². The van der Waals surface area contributed by atoms with Gasteiger partial charge >= 0.3 is 0 Å². The summed E-state index contributed by atoms with van der Waals surface area (Å²) in [6.07, 6.45) is 12.0. The van der Waals surface area contributed by atoms with E-state index < -0.39 is 0 Å². The fourth-order valence-electron chi connectivity index (χ4n) is 4.62. The number of rotatable bonds is 7. The second-order valence-corrected chi connectivity index (χ2v) is 11.2. The predicted octanol–water partition coefficient (Wildman–Crippen LogP) is 4.80. The molecule has 0 spiro atoms. The monoisotopic (exact) mass is 631 g/mol. The molecule has 4 N–H and O–H groups in total. The number of anilines is 4. The van der Waals surface area contributed by atoms with E-state index in [2.05, 4.69) is 62.1 Å². The van der Waals surface area contributed by atoms with Crippen LogP contribution in [0.1, 0.15) is 47.7 Å². The molecule has 1 aliphatic carbocycles. The molecule has 0 bridgehead atoms. The molecule has 12 heteroatoms. The van der Waals surface area contributed by atoms with Crippen molar-refractivity contribution in [1.82, 2.24) is 35.6 Å². The molecule has 2 aliphatic heterocycles. The minimum Gasteiger partial charge on any atom is -0.371 e. The summed E-state index contributed by atoms with van der Waals surface area (Å²) in [7, 11) is 0. The van der Waals surface area contributed by atoms with Gasteiger partial charge < -0.3 is 30.7 Å². The maximum atomic E-state index is 5.72. The number of nitrogens with one attached hydrogen (secondary N) is 4. The molecule has 7 rings (SSSR count). The van der Waals surface area contributed by atoms with E-state index in [1.54, 1.807) is 6.20 Å². The first-order chi connectivity index (χ1) is 20.7. The predicted molar refractivity (Wildman–Crippen MR) is 164 cm³/mol. The van der Waals surface area contributed by atoms with Crippen molar-refractivity contribution in [2.24, 2.45) is 0 Å². The molecule has 0 radical (unpaired) electrons. The Kier molecular flexibility index (Phi) is 9.57. The molecule has 4 aromatic heterocycles. The zero-order valence-electron chi connectivity index (χ0n) is 23.2. The number of nitrogens with zero attached hydrogens (tertiary/aromatic N) is 5. The Morgan fingerprint density at radius 2 is 1.14 bits per heavy atom. The van der Waals surface area contributed by atoms with Crippen LogP contribution in [0.25, 0.3) is 0 Å². The van der Waals surface area contributed by atoms with Crippen LogP contribution in [0, 0.1) is 0 Å². The standard InChI is InChI=1S/C16H19N5O.C14H15BrN4O/c1-2-11(1)13-8-19-16(20-9-13)21-15-4-3-12(7-18-15)14-10-17-5-6-22-14;15-11-2-4-14(18-8-11)19-13-3-1-10(7-17-13)12-9-16-5-6-20-12/h3-4,7-9,11,14,17H,1-2,5-6,10H2,(H,18,19,20,21);1-4,7-8,12,16H,5-6,9H2,(H,17,18,19)/t;12-/m.0/s1. The Bertz CT molecular complexity index is 1390. The van der Waals surface area contributed by atoms with Crippen LogP contribution in [0.4, 0.5) is 23.4 Å². The van der Waals surface area contributed by atoms with Crippen molar-refractivity contribution in [2.75, 3.05) is 50.0 Å². The normalized spacial score (nSPS) is 20.2. The third kappa shape index (κ3) is 8.05. The van der Waals surface area contributed by atoms with E-state index in [1.165, 1.54) is 18.4 Å². The molecule has 0 aromatic carbocycles. The molecule has 3 fully saturated rings. The Hall–Kier alpha value is -3.55. The van der Waals surface area contributed by atoms with Crippen LogP contribution in [-0.4, -0.2) is 64.3 Å². The van der Waals surface area contributed by atoms with Crippen molar-refractivity contribution in [3.05, 3.63) is 88.5 Å². The number of pyridine rings is 3. The van der Waals surface area contributed by atoms with E-state index in [4.69, 9.17) is 9.47 Å². The Morgan fingerprint density at radius 3 is 1.60 bits per heavy atom. The lowest BCUT2D eigenvalue weighted by Gasteiger charge is -2.23. The van der Waals surface area contributed by atoms with Gasteiger partial charge in [-0.2, -0.15) is 0 Å². The second kappa shape index (κ2) is 14.1. The zero-order valence-corrected chi connectivity index (χ0v) is 24.8. The fourth-order valence-corrected chi connectivity index (χ4v) is 4.86. The molecule has 1 saturated carbocycles. The molecule has 2 atom stereocenters. The highest BCUT2D eigenvalue weighted by atomic mass is 79.9. The lowest BCUT2D eigenvalue weighted by atomic mass is 10.1. The van der Waals surface area contributed by atoms with Crippen molar-refractivity contribution in [3.63, 3.8) is 0 Å². The number of morpholine rings is 2. The third-order valence-electron chi connectivity index (χ3n) is 7.12. The Morgan fingerprint density at radius 1 is 0.619 bits per heavy atom. The van der Waals surface area contributed by atoms with Crippen LogP contribution >= 0.6 is 15.9 Å². The highest BCUT2D eigenvalue weighted by molar-refractivity contribution is 9.10. The van der Waals surface area contributed by atoms with Gasteiger partial charge in [0.15, 0.2) is 0 Å². The lowest BCUT2D eigenvalue weighted by molar-refractivity contribution is 0.0274. The highest BCUT2D eigenvalue weighted by Crippen LogP contribution is 2.39. The number of ether oxygens (including phenoxy) is 2. The van der Waals surface area contributed by atoms with Gasteiger partial charge in [0.05, 0.1) is 25.4 Å². The summed E-state index contributed by atoms with van der Waals surface area (Å²) < 4.78 is 12.4. The van der Waals surface area contributed by atoms with Crippen molar-refractivity contribution in [3.8, 4) is 0 Å². The highest BCUT2D eigenvalue weighted by Gasteiger charge is 2.24. The van der Waals surface area contributed by atoms with Gasteiger partial charge in [-0.25, -0.2) is 24.9 Å². The van der Waals surface area contributed by atoms with Crippen molar-refractivity contribution in [1.29, 1.82) is 0 Å². The maximum Gasteiger partial charge on any atom is 0.228 e. The molecule has 2 saturated heterocycles. The Labute approximate surface area is 253 Å². The SMILES string of the molecule is Brc1ccc(Nc2ccc([C@@H]3CNCCO3)cn2)nc1.c1nc(Nc2ccc(C3CNCCO3)cn2)ncc1C1CC1. The summed E-state index contributed by atoms with van der Waals surface area (Å²) in [6, 6.07) is 11.8. The number of hydrogen-bond donors (Lipinski definition) is 4. The van der Waals surface area contributed by atoms with Crippen LogP contribution in [0.2, 0.25) is 0 Å². The largest absolute Gasteiger partial charge is 0.371 e. The van der Waals surface area contributed by atoms with Crippen LogP contribution in [0.5, 0.6) is 0 Å². The first-order valence-corrected chi connectivity index (χ1v) is 15.0. The smallest absolute Gasteiger partial charge is 0.228 e. The van der Waals surface area contributed by atoms with E-state index in [1.807, 2.05) is 61.2 Å². The van der Waals surface area contributed by atoms with Crippen molar-refractivity contribution < 1.29 is 9.47 Å². The molecule has 11 nitrogen and oxygen atoms in total. The van der Waals surface area contributed by atoms with E-state index in [-0.39, 0.29) is 12.2 Å². The van der Waals surface area contributed by atoms with Gasteiger partial charge in [0.2, 0.25) is 5.95 Å². The number of halogens is 1. The van der Waals surface area contributed by atoms with E-state index in [0.29, 0.717) is 11.9 Å². The molecule has 6 heterocycles. The summed E-state index contributed by atoms with van der Waals surface area (Å²) in [5.74, 6) is 3.54. The van der Waals surface area contributed by atoms with Crippen molar-refractivity contribution in [2.45, 2.75) is 31.0 Å². The van der Waals surface area contributed by atoms with Gasteiger partial charge in [-0.15, -0.1) is 0 Å². The summed E-state index contributed by atoms with van der Waals surface area (Å²) in [5.41, 5.74) is 3.41. The summed E-state index contributed by atoms with van der Waals surface area (Å²) >= 11 is 3.36. The van der Waals surface area contributed by atoms with Crippen LogP contribution < -0.4 is 21.3 Å². The van der Waals surface area contributed by atoms with Gasteiger partial charge in [-0.1, -0.05) is 12.1 Å². The summed E-state index contributed by atoms with van der Waals surface area (Å²) in [4.78, 5) is 21.8. The molecule has 42 heavy (non-hydrogen) atoms. The zero-order chi connectivity index (χ0) is 28.6. The van der Waals surface area contributed by atoms with Gasteiger partial charge in [0.1, 0.15) is 17.5 Å². The second-order valence-electron chi connectivity index (χ2n) is 10.3. The lowest BCUT2D eigenvalue weighted by Crippen LogP contribution is -2.33. The average molecular weight is 633 g/mol. The molecule has 4 aromatic rings. The first kappa shape index (κ1) is 28.6. The molecular formula is C30H34BrN9O2. The van der Waals surface area contributed by atoms with Crippen LogP contribution in [-0.2, 0) is 9.47 Å².